The summed E-state index contributed by atoms with van der Waals surface area (Å²) >= 11 is 1.78. The van der Waals surface area contributed by atoms with Crippen molar-refractivity contribution < 1.29 is 4.79 Å². The lowest BCUT2D eigenvalue weighted by atomic mass is 9.49. The van der Waals surface area contributed by atoms with Gasteiger partial charge < -0.3 is 16.0 Å². The second-order valence-corrected chi connectivity index (χ2v) is 12.5. The molecule has 0 aliphatic heterocycles. The molecular formula is C29H35N4OS. The molecule has 2 heterocycles. The Kier molecular flexibility index (Phi) is 6.27. The van der Waals surface area contributed by atoms with E-state index in [-0.39, 0.29) is 11.3 Å². The number of rotatable bonds is 9. The molecule has 0 saturated heterocycles. The number of carbonyl (C=O) groups excluding carboxylic acids is 1. The number of aromatic nitrogens is 1. The average molecular weight is 488 g/mol. The van der Waals surface area contributed by atoms with Gasteiger partial charge in [0, 0.05) is 34.7 Å². The number of nitrogens with zero attached hydrogens (tertiary/aromatic N) is 1. The lowest BCUT2D eigenvalue weighted by Crippen LogP contribution is -2.47. The van der Waals surface area contributed by atoms with Gasteiger partial charge in [-0.3, -0.25) is 4.79 Å². The predicted molar refractivity (Wildman–Crippen MR) is 145 cm³/mol. The summed E-state index contributed by atoms with van der Waals surface area (Å²) in [5, 5.41) is 11.0. The molecule has 4 aliphatic carbocycles. The Morgan fingerprint density at radius 3 is 2.51 bits per heavy atom. The van der Waals surface area contributed by atoms with Gasteiger partial charge in [0.05, 0.1) is 17.7 Å². The highest BCUT2D eigenvalue weighted by atomic mass is 32.1. The maximum atomic E-state index is 13.2. The molecule has 2 aromatic heterocycles. The van der Waals surface area contributed by atoms with Crippen molar-refractivity contribution in [1.82, 2.24) is 10.3 Å². The van der Waals surface area contributed by atoms with Crippen LogP contribution in [-0.4, -0.2) is 24.0 Å². The van der Waals surface area contributed by atoms with Gasteiger partial charge >= 0.3 is 0 Å². The van der Waals surface area contributed by atoms with Gasteiger partial charge in [0.25, 0.3) is 0 Å². The van der Waals surface area contributed by atoms with E-state index in [2.05, 4.69) is 47.6 Å². The number of anilines is 2. The van der Waals surface area contributed by atoms with E-state index in [1.54, 1.807) is 11.3 Å². The monoisotopic (exact) mass is 487 g/mol. The fourth-order valence-electron chi connectivity index (χ4n) is 7.37. The summed E-state index contributed by atoms with van der Waals surface area (Å²) in [6.07, 6.45) is 8.70. The van der Waals surface area contributed by atoms with Crippen molar-refractivity contribution in [3.63, 3.8) is 0 Å². The number of fused-ring (bicyclic) bond motifs is 1. The van der Waals surface area contributed by atoms with E-state index >= 15 is 0 Å². The highest BCUT2D eigenvalue weighted by molar-refractivity contribution is 7.12. The van der Waals surface area contributed by atoms with E-state index in [0.29, 0.717) is 6.42 Å². The summed E-state index contributed by atoms with van der Waals surface area (Å²) in [5.41, 5.74) is 2.03. The molecule has 3 aromatic rings. The Morgan fingerprint density at radius 2 is 1.80 bits per heavy atom. The van der Waals surface area contributed by atoms with Crippen LogP contribution in [-0.2, 0) is 4.79 Å². The lowest BCUT2D eigenvalue weighted by molar-refractivity contribution is -0.124. The quantitative estimate of drug-likeness (QED) is 0.307. The first-order chi connectivity index (χ1) is 17.0. The minimum absolute atomic E-state index is 0.171. The fourth-order valence-corrected chi connectivity index (χ4v) is 8.16. The molecule has 4 saturated carbocycles. The first-order valence-corrected chi connectivity index (χ1v) is 13.9. The Hall–Kier alpha value is -2.44. The molecule has 35 heavy (non-hydrogen) atoms. The molecule has 183 valence electrons. The van der Waals surface area contributed by atoms with E-state index in [0.717, 1.165) is 53.3 Å². The normalized spacial score (nSPS) is 26.8. The number of thiophene rings is 1. The minimum Gasteiger partial charge on any atom is -0.369 e. The van der Waals surface area contributed by atoms with Gasteiger partial charge in [-0.25, -0.2) is 4.98 Å². The molecule has 1 aromatic carbocycles. The minimum atomic E-state index is 0.171. The summed E-state index contributed by atoms with van der Waals surface area (Å²) in [4.78, 5) is 20.5. The number of pyridine rings is 1. The molecule has 4 aliphatic rings. The first kappa shape index (κ1) is 23.0. The van der Waals surface area contributed by atoms with E-state index < -0.39 is 0 Å². The van der Waals surface area contributed by atoms with Crippen molar-refractivity contribution in [3.8, 4) is 0 Å². The van der Waals surface area contributed by atoms with E-state index in [4.69, 9.17) is 4.98 Å². The molecule has 7 rings (SSSR count). The summed E-state index contributed by atoms with van der Waals surface area (Å²) in [6, 6.07) is 14.3. The summed E-state index contributed by atoms with van der Waals surface area (Å²) in [5.74, 6) is 3.63. The third-order valence-electron chi connectivity index (χ3n) is 8.29. The van der Waals surface area contributed by atoms with E-state index in [1.807, 2.05) is 24.3 Å². The zero-order valence-corrected chi connectivity index (χ0v) is 21.3. The van der Waals surface area contributed by atoms with Crippen molar-refractivity contribution in [3.05, 3.63) is 58.8 Å². The van der Waals surface area contributed by atoms with Crippen LogP contribution in [0.4, 0.5) is 11.5 Å². The third kappa shape index (κ3) is 5.10. The molecule has 0 unspecified atom stereocenters. The van der Waals surface area contributed by atoms with Gasteiger partial charge in [-0.2, -0.15) is 0 Å². The standard InChI is InChI=1S/C29H35N4OS/c1-19-5-6-23(35-19)18-30-9-10-31-27-8-7-24-25(32-27)3-2-4-26(24)33-28(34)17-29-14-20-11-21(15-29)13-22(12-20)16-29/h2-8,18,20-22,30H,9-17H2,1H3,(H,31,32)(H,33,34). The van der Waals surface area contributed by atoms with Crippen LogP contribution >= 0.6 is 11.3 Å². The van der Waals surface area contributed by atoms with Crippen molar-refractivity contribution in [2.45, 2.75) is 51.9 Å². The van der Waals surface area contributed by atoms with Crippen LogP contribution in [0.5, 0.6) is 0 Å². The molecule has 6 heteroatoms. The lowest BCUT2D eigenvalue weighted by Gasteiger charge is -2.56. The zero-order chi connectivity index (χ0) is 23.8. The largest absolute Gasteiger partial charge is 0.369 e. The van der Waals surface area contributed by atoms with Crippen molar-refractivity contribution >= 4 is 39.7 Å². The van der Waals surface area contributed by atoms with Gasteiger partial charge in [-0.05, 0) is 105 Å². The van der Waals surface area contributed by atoms with Gasteiger partial charge in [0.15, 0.2) is 0 Å². The third-order valence-corrected chi connectivity index (χ3v) is 9.24. The van der Waals surface area contributed by atoms with Gasteiger partial charge in [0.1, 0.15) is 5.82 Å². The van der Waals surface area contributed by atoms with Crippen molar-refractivity contribution in [2.75, 3.05) is 23.7 Å². The first-order valence-electron chi connectivity index (χ1n) is 13.1. The number of amides is 1. The van der Waals surface area contributed by atoms with Crippen molar-refractivity contribution in [2.24, 2.45) is 23.2 Å². The molecule has 1 amide bonds. The predicted octanol–water partition coefficient (Wildman–Crippen LogP) is 6.36. The summed E-state index contributed by atoms with van der Waals surface area (Å²) in [7, 11) is 0. The maximum absolute atomic E-state index is 13.2. The van der Waals surface area contributed by atoms with Crippen LogP contribution in [0.1, 0.15) is 54.7 Å². The fraction of sp³-hybridized carbons (Fsp3) is 0.483. The SMILES string of the molecule is Cc1ccc([CH]NCCNc2ccc3c(NC(=O)CC45CC6CC(CC(C6)C4)C5)cccc3n2)s1. The average Bonchev–Trinajstić information content (AvgIpc) is 3.22. The number of benzene rings is 1. The van der Waals surface area contributed by atoms with Crippen molar-refractivity contribution in [1.29, 1.82) is 0 Å². The molecular weight excluding hydrogens is 452 g/mol. The molecule has 5 nitrogen and oxygen atoms in total. The smallest absolute Gasteiger partial charge is 0.224 e. The van der Waals surface area contributed by atoms with E-state index in [1.165, 1.54) is 48.3 Å². The number of nitrogens with one attached hydrogen (secondary N) is 3. The maximum Gasteiger partial charge on any atom is 0.224 e. The number of aryl methyl sites for hydroxylation is 1. The van der Waals surface area contributed by atoms with Crippen LogP contribution in [0.25, 0.3) is 10.9 Å². The second kappa shape index (κ2) is 9.55. The topological polar surface area (TPSA) is 66.0 Å². The second-order valence-electron chi connectivity index (χ2n) is 11.2. The van der Waals surface area contributed by atoms with Gasteiger partial charge in [-0.1, -0.05) is 6.07 Å². The van der Waals surface area contributed by atoms with Gasteiger partial charge in [0.2, 0.25) is 5.91 Å². The van der Waals surface area contributed by atoms with Crippen LogP contribution < -0.4 is 16.0 Å². The molecule has 1 radical (unpaired) electrons. The zero-order valence-electron chi connectivity index (χ0n) is 20.5. The highest BCUT2D eigenvalue weighted by Crippen LogP contribution is 2.61. The molecule has 0 spiro atoms. The number of hydrogen-bond acceptors (Lipinski definition) is 5. The van der Waals surface area contributed by atoms with Crippen LogP contribution in [0.3, 0.4) is 0 Å². The summed E-state index contributed by atoms with van der Waals surface area (Å²) < 4.78 is 0. The Bertz CT molecular complexity index is 1180. The number of carbonyl (C=O) groups is 1. The number of hydrogen-bond donors (Lipinski definition) is 3. The van der Waals surface area contributed by atoms with Gasteiger partial charge in [-0.15, -0.1) is 11.3 Å². The Balaban J connectivity index is 1.05. The summed E-state index contributed by atoms with van der Waals surface area (Å²) in [6.45, 7) is 5.78. The van der Waals surface area contributed by atoms with Crippen LogP contribution in [0, 0.1) is 36.6 Å². The Morgan fingerprint density at radius 1 is 1.03 bits per heavy atom. The van der Waals surface area contributed by atoms with Crippen LogP contribution in [0.15, 0.2) is 42.5 Å². The molecule has 0 atom stereocenters. The molecule has 4 fully saturated rings. The Labute approximate surface area is 212 Å². The highest BCUT2D eigenvalue weighted by Gasteiger charge is 2.51. The van der Waals surface area contributed by atoms with E-state index in [9.17, 15) is 4.79 Å². The van der Waals surface area contributed by atoms with Crippen LogP contribution in [0.2, 0.25) is 0 Å². The molecule has 4 bridgehead atoms. The molecule has 3 N–H and O–H groups in total.